The lowest BCUT2D eigenvalue weighted by molar-refractivity contribution is -0.116. The fourth-order valence-corrected chi connectivity index (χ4v) is 4.33. The number of aromatic nitrogens is 2. The van der Waals surface area contributed by atoms with Crippen LogP contribution in [0.4, 0.5) is 14.5 Å². The fourth-order valence-electron chi connectivity index (χ4n) is 3.73. The molecule has 3 aromatic rings. The maximum Gasteiger partial charge on any atom is 0.291 e. The molecule has 31 heavy (non-hydrogen) atoms. The standard InChI is InChI=1S/C22H25F2N5OS/c1-27-9-11-28(12-10-27)14-16-5-4-6-17(13-16)25-20(30)15-29-19-8-3-2-7-18(19)26-22(29)31-21(23)24/h2-8,13,21H,9-12,14-15H2,1H3,(H,25,30). The Kier molecular flexibility index (Phi) is 6.84. The number of hydrogen-bond acceptors (Lipinski definition) is 5. The van der Waals surface area contributed by atoms with E-state index in [1.165, 1.54) is 4.57 Å². The average molecular weight is 446 g/mol. The van der Waals surface area contributed by atoms with Gasteiger partial charge in [-0.2, -0.15) is 8.78 Å². The summed E-state index contributed by atoms with van der Waals surface area (Å²) in [4.78, 5) is 21.7. The van der Waals surface area contributed by atoms with E-state index in [2.05, 4.69) is 33.2 Å². The highest BCUT2D eigenvalue weighted by atomic mass is 32.2. The number of anilines is 1. The summed E-state index contributed by atoms with van der Waals surface area (Å²) in [7, 11) is 2.13. The smallest absolute Gasteiger partial charge is 0.291 e. The van der Waals surface area contributed by atoms with E-state index in [-0.39, 0.29) is 17.6 Å². The van der Waals surface area contributed by atoms with E-state index < -0.39 is 5.76 Å². The van der Waals surface area contributed by atoms with Crippen molar-refractivity contribution < 1.29 is 13.6 Å². The lowest BCUT2D eigenvalue weighted by Gasteiger charge is -2.32. The zero-order chi connectivity index (χ0) is 21.8. The van der Waals surface area contributed by atoms with Crippen LogP contribution in [0.25, 0.3) is 11.0 Å². The first kappa shape index (κ1) is 21.7. The number of rotatable bonds is 7. The summed E-state index contributed by atoms with van der Waals surface area (Å²) >= 11 is 0.351. The number of halogens is 2. The van der Waals surface area contributed by atoms with E-state index >= 15 is 0 Å². The van der Waals surface area contributed by atoms with Gasteiger partial charge in [0.25, 0.3) is 5.76 Å². The Morgan fingerprint density at radius 2 is 1.90 bits per heavy atom. The molecule has 1 fully saturated rings. The SMILES string of the molecule is CN1CCN(Cc2cccc(NC(=O)Cn3c(SC(F)F)nc4ccccc43)c2)CC1. The fraction of sp³-hybridized carbons (Fsp3) is 0.364. The molecule has 9 heteroatoms. The van der Waals surface area contributed by atoms with Crippen LogP contribution in [-0.4, -0.2) is 64.2 Å². The van der Waals surface area contributed by atoms with Crippen molar-refractivity contribution in [2.45, 2.75) is 24.0 Å². The molecule has 0 saturated carbocycles. The summed E-state index contributed by atoms with van der Waals surface area (Å²) in [6, 6.07) is 14.9. The largest absolute Gasteiger partial charge is 0.325 e. The van der Waals surface area contributed by atoms with Gasteiger partial charge in [-0.15, -0.1) is 0 Å². The third kappa shape index (κ3) is 5.61. The number of nitrogens with zero attached hydrogens (tertiary/aromatic N) is 4. The van der Waals surface area contributed by atoms with Gasteiger partial charge in [-0.25, -0.2) is 4.98 Å². The number of imidazole rings is 1. The second kappa shape index (κ2) is 9.76. The number of nitrogens with one attached hydrogen (secondary N) is 1. The van der Waals surface area contributed by atoms with Crippen molar-refractivity contribution in [3.8, 4) is 0 Å². The molecule has 164 valence electrons. The molecule has 0 atom stereocenters. The number of carbonyl (C=O) groups excluding carboxylic acids is 1. The molecule has 1 amide bonds. The third-order valence-electron chi connectivity index (χ3n) is 5.33. The molecule has 6 nitrogen and oxygen atoms in total. The maximum absolute atomic E-state index is 13.0. The van der Waals surface area contributed by atoms with Crippen molar-refractivity contribution in [1.29, 1.82) is 0 Å². The molecule has 1 saturated heterocycles. The highest BCUT2D eigenvalue weighted by Crippen LogP contribution is 2.28. The molecule has 1 aliphatic heterocycles. The van der Waals surface area contributed by atoms with Gasteiger partial charge in [0.15, 0.2) is 5.16 Å². The number of likely N-dealkylation sites (N-methyl/N-ethyl adjacent to an activating group) is 1. The molecule has 0 unspecified atom stereocenters. The van der Waals surface area contributed by atoms with Gasteiger partial charge >= 0.3 is 0 Å². The zero-order valence-electron chi connectivity index (χ0n) is 17.3. The number of carbonyl (C=O) groups is 1. The van der Waals surface area contributed by atoms with Crippen molar-refractivity contribution in [2.75, 3.05) is 38.5 Å². The van der Waals surface area contributed by atoms with E-state index in [0.29, 0.717) is 28.5 Å². The number of hydrogen-bond donors (Lipinski definition) is 1. The van der Waals surface area contributed by atoms with Gasteiger partial charge in [-0.3, -0.25) is 9.69 Å². The summed E-state index contributed by atoms with van der Waals surface area (Å²) in [5, 5.41) is 3.03. The second-order valence-electron chi connectivity index (χ2n) is 7.68. The van der Waals surface area contributed by atoms with Crippen molar-refractivity contribution >= 4 is 34.4 Å². The lowest BCUT2D eigenvalue weighted by Crippen LogP contribution is -2.43. The van der Waals surface area contributed by atoms with E-state index in [4.69, 9.17) is 0 Å². The van der Waals surface area contributed by atoms with E-state index in [9.17, 15) is 13.6 Å². The molecule has 2 heterocycles. The summed E-state index contributed by atoms with van der Waals surface area (Å²) in [6.45, 7) is 4.89. The molecule has 1 aromatic heterocycles. The van der Waals surface area contributed by atoms with Crippen molar-refractivity contribution in [3.63, 3.8) is 0 Å². The molecule has 0 radical (unpaired) electrons. The third-order valence-corrected chi connectivity index (χ3v) is 6.03. The van der Waals surface area contributed by atoms with Crippen LogP contribution in [0, 0.1) is 0 Å². The molecule has 2 aromatic carbocycles. The van der Waals surface area contributed by atoms with Crippen LogP contribution >= 0.6 is 11.8 Å². The molecule has 0 bridgehead atoms. The van der Waals surface area contributed by atoms with Crippen LogP contribution in [-0.2, 0) is 17.9 Å². The molecule has 0 aliphatic carbocycles. The van der Waals surface area contributed by atoms with E-state index in [1.807, 2.05) is 18.2 Å². The Morgan fingerprint density at radius 3 is 2.68 bits per heavy atom. The van der Waals surface area contributed by atoms with Crippen molar-refractivity contribution in [1.82, 2.24) is 19.4 Å². The van der Waals surface area contributed by atoms with Gasteiger partial charge in [-0.05, 0) is 48.6 Å². The molecule has 4 rings (SSSR count). The Balaban J connectivity index is 1.44. The Morgan fingerprint density at radius 1 is 1.13 bits per heavy atom. The monoisotopic (exact) mass is 445 g/mol. The van der Waals surface area contributed by atoms with Crippen LogP contribution < -0.4 is 5.32 Å². The second-order valence-corrected chi connectivity index (χ2v) is 8.63. The topological polar surface area (TPSA) is 53.4 Å². The van der Waals surface area contributed by atoms with Crippen LogP contribution in [0.1, 0.15) is 5.56 Å². The predicted molar refractivity (Wildman–Crippen MR) is 119 cm³/mol. The average Bonchev–Trinajstić information content (AvgIpc) is 3.06. The number of piperazine rings is 1. The molecule has 1 aliphatic rings. The summed E-state index contributed by atoms with van der Waals surface area (Å²) in [5.41, 5.74) is 3.07. The van der Waals surface area contributed by atoms with Gasteiger partial charge in [0.05, 0.1) is 11.0 Å². The Hall–Kier alpha value is -2.49. The maximum atomic E-state index is 13.0. The zero-order valence-corrected chi connectivity index (χ0v) is 18.1. The number of benzene rings is 2. The first-order valence-corrected chi connectivity index (χ1v) is 11.1. The van der Waals surface area contributed by atoms with Gasteiger partial charge in [0, 0.05) is 38.4 Å². The number of alkyl halides is 2. The highest BCUT2D eigenvalue weighted by Gasteiger charge is 2.18. The van der Waals surface area contributed by atoms with Crippen LogP contribution in [0.5, 0.6) is 0 Å². The molecular formula is C22H25F2N5OS. The Bertz CT molecular complexity index is 1050. The number of para-hydroxylation sites is 2. The minimum absolute atomic E-state index is 0.0851. The van der Waals surface area contributed by atoms with Crippen molar-refractivity contribution in [3.05, 3.63) is 54.1 Å². The minimum Gasteiger partial charge on any atom is -0.325 e. The van der Waals surface area contributed by atoms with E-state index in [1.54, 1.807) is 24.3 Å². The Labute approximate surface area is 184 Å². The van der Waals surface area contributed by atoms with Gasteiger partial charge < -0.3 is 14.8 Å². The van der Waals surface area contributed by atoms with Crippen LogP contribution in [0.15, 0.2) is 53.7 Å². The van der Waals surface area contributed by atoms with Gasteiger partial charge in [0.1, 0.15) is 6.54 Å². The normalized spacial score (nSPS) is 15.6. The molecule has 1 N–H and O–H groups in total. The predicted octanol–water partition coefficient (Wildman–Crippen LogP) is 3.74. The van der Waals surface area contributed by atoms with Crippen LogP contribution in [0.3, 0.4) is 0 Å². The minimum atomic E-state index is -2.61. The summed E-state index contributed by atoms with van der Waals surface area (Å²) < 4.78 is 27.5. The number of thioether (sulfide) groups is 1. The molecular weight excluding hydrogens is 420 g/mol. The number of fused-ring (bicyclic) bond motifs is 1. The quantitative estimate of drug-likeness (QED) is 0.562. The molecule has 0 spiro atoms. The summed E-state index contributed by atoms with van der Waals surface area (Å²) in [5.74, 6) is -2.89. The highest BCUT2D eigenvalue weighted by molar-refractivity contribution is 7.99. The summed E-state index contributed by atoms with van der Waals surface area (Å²) in [6.07, 6.45) is 0. The van der Waals surface area contributed by atoms with Gasteiger partial charge in [0.2, 0.25) is 5.91 Å². The van der Waals surface area contributed by atoms with Crippen LogP contribution in [0.2, 0.25) is 0 Å². The lowest BCUT2D eigenvalue weighted by atomic mass is 10.1. The first-order valence-electron chi connectivity index (χ1n) is 10.2. The van der Waals surface area contributed by atoms with E-state index in [0.717, 1.165) is 38.3 Å². The first-order chi connectivity index (χ1) is 15.0. The van der Waals surface area contributed by atoms with Gasteiger partial charge in [-0.1, -0.05) is 24.3 Å². The number of amides is 1. The van der Waals surface area contributed by atoms with Crippen molar-refractivity contribution in [2.24, 2.45) is 0 Å².